The SMILES string of the molecule is CCNC(=O)c1ccc(C)c(-n2cnc3ccc(CN4CC[C@H](F)C4)cc3c2=O)c1. The van der Waals surface area contributed by atoms with E-state index in [1.165, 1.54) is 10.9 Å². The van der Waals surface area contributed by atoms with E-state index < -0.39 is 6.17 Å². The quantitative estimate of drug-likeness (QED) is 0.705. The van der Waals surface area contributed by atoms with Crippen molar-refractivity contribution in [3.63, 3.8) is 0 Å². The summed E-state index contributed by atoms with van der Waals surface area (Å²) in [6.45, 7) is 6.05. The predicted molar refractivity (Wildman–Crippen MR) is 115 cm³/mol. The van der Waals surface area contributed by atoms with Crippen LogP contribution < -0.4 is 10.9 Å². The van der Waals surface area contributed by atoms with Crippen LogP contribution in [0.4, 0.5) is 4.39 Å². The Balaban J connectivity index is 1.73. The van der Waals surface area contributed by atoms with Crippen molar-refractivity contribution in [2.24, 2.45) is 0 Å². The molecule has 0 spiro atoms. The van der Waals surface area contributed by atoms with E-state index in [2.05, 4.69) is 15.2 Å². The lowest BCUT2D eigenvalue weighted by Gasteiger charge is -2.15. The molecule has 7 heteroatoms. The summed E-state index contributed by atoms with van der Waals surface area (Å²) in [5, 5.41) is 3.28. The van der Waals surface area contributed by atoms with Crippen LogP contribution in [0.25, 0.3) is 16.6 Å². The summed E-state index contributed by atoms with van der Waals surface area (Å²) in [5.74, 6) is -0.181. The molecular weight excluding hydrogens is 383 g/mol. The second kappa shape index (κ2) is 8.36. The first-order chi connectivity index (χ1) is 14.5. The van der Waals surface area contributed by atoms with Crippen LogP contribution >= 0.6 is 0 Å². The number of halogens is 1. The Labute approximate surface area is 174 Å². The van der Waals surface area contributed by atoms with E-state index in [0.717, 1.165) is 17.7 Å². The molecule has 1 amide bonds. The van der Waals surface area contributed by atoms with Gasteiger partial charge in [0.2, 0.25) is 0 Å². The van der Waals surface area contributed by atoms with Gasteiger partial charge in [-0.1, -0.05) is 12.1 Å². The number of amides is 1. The molecule has 30 heavy (non-hydrogen) atoms. The average molecular weight is 408 g/mol. The number of hydrogen-bond donors (Lipinski definition) is 1. The van der Waals surface area contributed by atoms with Crippen molar-refractivity contribution in [2.75, 3.05) is 19.6 Å². The maximum Gasteiger partial charge on any atom is 0.265 e. The minimum atomic E-state index is -0.774. The predicted octanol–water partition coefficient (Wildman–Crippen LogP) is 2.99. The summed E-state index contributed by atoms with van der Waals surface area (Å²) in [7, 11) is 0. The fraction of sp³-hybridized carbons (Fsp3) is 0.348. The lowest BCUT2D eigenvalue weighted by Crippen LogP contribution is -2.24. The number of likely N-dealkylation sites (tertiary alicyclic amines) is 1. The summed E-state index contributed by atoms with van der Waals surface area (Å²) in [4.78, 5) is 32.0. The zero-order valence-corrected chi connectivity index (χ0v) is 17.2. The zero-order valence-electron chi connectivity index (χ0n) is 17.2. The first kappa shape index (κ1) is 20.2. The van der Waals surface area contributed by atoms with Crippen LogP contribution in [-0.2, 0) is 6.54 Å². The minimum Gasteiger partial charge on any atom is -0.352 e. The molecule has 1 aromatic heterocycles. The summed E-state index contributed by atoms with van der Waals surface area (Å²) < 4.78 is 15.0. The summed E-state index contributed by atoms with van der Waals surface area (Å²) >= 11 is 0. The number of fused-ring (bicyclic) bond motifs is 1. The molecule has 1 atom stereocenters. The number of carbonyl (C=O) groups is 1. The van der Waals surface area contributed by atoms with E-state index in [9.17, 15) is 14.0 Å². The van der Waals surface area contributed by atoms with Crippen LogP contribution in [-0.4, -0.2) is 46.2 Å². The van der Waals surface area contributed by atoms with E-state index in [1.54, 1.807) is 12.1 Å². The molecular formula is C23H25FN4O2. The number of hydrogen-bond acceptors (Lipinski definition) is 4. The topological polar surface area (TPSA) is 67.2 Å². The van der Waals surface area contributed by atoms with Crippen LogP contribution in [0.15, 0.2) is 47.5 Å². The molecule has 1 N–H and O–H groups in total. The molecule has 3 aromatic rings. The third kappa shape index (κ3) is 3.98. The van der Waals surface area contributed by atoms with Gasteiger partial charge in [0.05, 0.1) is 16.6 Å². The zero-order chi connectivity index (χ0) is 21.3. The Morgan fingerprint density at radius 3 is 2.83 bits per heavy atom. The van der Waals surface area contributed by atoms with Gasteiger partial charge in [0.25, 0.3) is 11.5 Å². The number of nitrogens with zero attached hydrogens (tertiary/aromatic N) is 3. The van der Waals surface area contributed by atoms with Gasteiger partial charge in [-0.05, 0) is 55.7 Å². The van der Waals surface area contributed by atoms with E-state index in [0.29, 0.717) is 48.2 Å². The number of nitrogens with one attached hydrogen (secondary N) is 1. The van der Waals surface area contributed by atoms with E-state index >= 15 is 0 Å². The fourth-order valence-corrected chi connectivity index (χ4v) is 3.90. The van der Waals surface area contributed by atoms with Gasteiger partial charge >= 0.3 is 0 Å². The lowest BCUT2D eigenvalue weighted by molar-refractivity contribution is 0.0956. The van der Waals surface area contributed by atoms with Gasteiger partial charge in [-0.2, -0.15) is 0 Å². The molecule has 0 radical (unpaired) electrons. The van der Waals surface area contributed by atoms with Crippen LogP contribution in [0.5, 0.6) is 0 Å². The number of aromatic nitrogens is 2. The molecule has 1 aliphatic rings. The van der Waals surface area contributed by atoms with Gasteiger partial charge < -0.3 is 5.32 Å². The summed E-state index contributed by atoms with van der Waals surface area (Å²) in [6.07, 6.45) is 1.29. The van der Waals surface area contributed by atoms with Gasteiger partial charge in [-0.15, -0.1) is 0 Å². The van der Waals surface area contributed by atoms with Crippen molar-refractivity contribution >= 4 is 16.8 Å². The van der Waals surface area contributed by atoms with Crippen molar-refractivity contribution in [1.29, 1.82) is 0 Å². The first-order valence-electron chi connectivity index (χ1n) is 10.2. The molecule has 1 fully saturated rings. The van der Waals surface area contributed by atoms with Gasteiger partial charge in [0, 0.05) is 31.7 Å². The number of rotatable bonds is 5. The molecule has 0 saturated carbocycles. The van der Waals surface area contributed by atoms with Gasteiger partial charge in [-0.3, -0.25) is 19.1 Å². The van der Waals surface area contributed by atoms with Crippen molar-refractivity contribution < 1.29 is 9.18 Å². The Morgan fingerprint density at radius 1 is 1.27 bits per heavy atom. The highest BCUT2D eigenvalue weighted by molar-refractivity contribution is 5.94. The maximum atomic E-state index is 13.5. The largest absolute Gasteiger partial charge is 0.352 e. The molecule has 2 heterocycles. The van der Waals surface area contributed by atoms with Crippen LogP contribution in [0.2, 0.25) is 0 Å². The smallest absolute Gasteiger partial charge is 0.265 e. The maximum absolute atomic E-state index is 13.5. The van der Waals surface area contributed by atoms with Gasteiger partial charge in [-0.25, -0.2) is 9.37 Å². The standard InChI is InChI=1S/C23H25FN4O2/c1-3-25-22(29)17-6-4-15(2)21(11-17)28-14-26-20-7-5-16(10-19(20)23(28)30)12-27-9-8-18(24)13-27/h4-7,10-11,14,18H,3,8-9,12-13H2,1-2H3,(H,25,29)/t18-/m0/s1. The molecule has 1 saturated heterocycles. The van der Waals surface area contributed by atoms with Crippen LogP contribution in [0.1, 0.15) is 34.8 Å². The van der Waals surface area contributed by atoms with Crippen molar-refractivity contribution in [1.82, 2.24) is 19.8 Å². The Kier molecular flexibility index (Phi) is 5.63. The Bertz CT molecular complexity index is 1160. The molecule has 1 aliphatic heterocycles. The van der Waals surface area contributed by atoms with Gasteiger partial charge in [0.15, 0.2) is 0 Å². The number of carbonyl (C=O) groups excluding carboxylic acids is 1. The molecule has 6 nitrogen and oxygen atoms in total. The molecule has 4 rings (SSSR count). The highest BCUT2D eigenvalue weighted by Crippen LogP contribution is 2.19. The summed E-state index contributed by atoms with van der Waals surface area (Å²) in [5.41, 5.74) is 3.37. The lowest BCUT2D eigenvalue weighted by atomic mass is 10.1. The van der Waals surface area contributed by atoms with Crippen molar-refractivity contribution in [3.8, 4) is 5.69 Å². The third-order valence-corrected chi connectivity index (χ3v) is 5.51. The van der Waals surface area contributed by atoms with E-state index in [-0.39, 0.29) is 11.5 Å². The summed E-state index contributed by atoms with van der Waals surface area (Å²) in [6, 6.07) is 10.9. The molecule has 2 aromatic carbocycles. The highest BCUT2D eigenvalue weighted by Gasteiger charge is 2.21. The molecule has 0 unspecified atom stereocenters. The minimum absolute atomic E-state index is 0.181. The van der Waals surface area contributed by atoms with Crippen molar-refractivity contribution in [2.45, 2.75) is 33.0 Å². The average Bonchev–Trinajstić information content (AvgIpc) is 3.14. The van der Waals surface area contributed by atoms with E-state index in [1.807, 2.05) is 38.1 Å². The van der Waals surface area contributed by atoms with E-state index in [4.69, 9.17) is 0 Å². The Morgan fingerprint density at radius 2 is 2.10 bits per heavy atom. The van der Waals surface area contributed by atoms with Crippen LogP contribution in [0, 0.1) is 6.92 Å². The van der Waals surface area contributed by atoms with Crippen LogP contribution in [0.3, 0.4) is 0 Å². The fourth-order valence-electron chi connectivity index (χ4n) is 3.90. The normalized spacial score (nSPS) is 16.8. The Hall–Kier alpha value is -3.06. The number of aryl methyl sites for hydroxylation is 1. The third-order valence-electron chi connectivity index (χ3n) is 5.51. The highest BCUT2D eigenvalue weighted by atomic mass is 19.1. The second-order valence-corrected chi connectivity index (χ2v) is 7.75. The number of alkyl halides is 1. The molecule has 0 aliphatic carbocycles. The first-order valence-corrected chi connectivity index (χ1v) is 10.2. The number of benzene rings is 2. The molecule has 156 valence electrons. The van der Waals surface area contributed by atoms with Crippen molar-refractivity contribution in [3.05, 3.63) is 69.8 Å². The monoisotopic (exact) mass is 408 g/mol. The molecule has 0 bridgehead atoms. The second-order valence-electron chi connectivity index (χ2n) is 7.75. The van der Waals surface area contributed by atoms with Gasteiger partial charge in [0.1, 0.15) is 12.5 Å².